The van der Waals surface area contributed by atoms with Crippen molar-refractivity contribution in [1.82, 2.24) is 10.6 Å². The molecule has 0 aliphatic carbocycles. The van der Waals surface area contributed by atoms with Gasteiger partial charge in [0.2, 0.25) is 0 Å². The molecule has 1 aliphatic rings. The van der Waals surface area contributed by atoms with Crippen LogP contribution in [0.3, 0.4) is 0 Å². The first kappa shape index (κ1) is 11.0. The molecule has 0 aromatic rings. The van der Waals surface area contributed by atoms with Crippen LogP contribution in [0.2, 0.25) is 0 Å². The van der Waals surface area contributed by atoms with Crippen molar-refractivity contribution in [3.8, 4) is 0 Å². The first-order chi connectivity index (χ1) is 6.34. The van der Waals surface area contributed by atoms with E-state index in [0.717, 1.165) is 38.8 Å². The number of likely N-dealkylation sites (N-methyl/N-ethyl adjacent to an activating group) is 1. The quantitative estimate of drug-likeness (QED) is 0.596. The van der Waals surface area contributed by atoms with Gasteiger partial charge in [-0.2, -0.15) is 0 Å². The molecule has 1 fully saturated rings. The van der Waals surface area contributed by atoms with Crippen LogP contribution in [0.15, 0.2) is 0 Å². The third-order valence-corrected chi connectivity index (χ3v) is 2.69. The van der Waals surface area contributed by atoms with Crippen molar-refractivity contribution >= 4 is 0 Å². The second-order valence-electron chi connectivity index (χ2n) is 3.72. The third-order valence-electron chi connectivity index (χ3n) is 2.69. The van der Waals surface area contributed by atoms with Crippen molar-refractivity contribution in [3.63, 3.8) is 0 Å². The third kappa shape index (κ3) is 4.07. The molecular formula is C10H22N2O. The van der Waals surface area contributed by atoms with Crippen molar-refractivity contribution in [2.45, 2.75) is 26.3 Å². The molecule has 78 valence electrons. The van der Waals surface area contributed by atoms with Gasteiger partial charge in [-0.15, -0.1) is 0 Å². The van der Waals surface area contributed by atoms with Crippen LogP contribution in [-0.4, -0.2) is 38.9 Å². The fraction of sp³-hybridized carbons (Fsp3) is 1.00. The minimum absolute atomic E-state index is 0.598. The number of hydrogen-bond donors (Lipinski definition) is 2. The fourth-order valence-corrected chi connectivity index (χ4v) is 1.68. The van der Waals surface area contributed by atoms with E-state index in [-0.39, 0.29) is 0 Å². The number of rotatable bonds is 6. The standard InChI is InChI=1S/C10H22N2O/c1-3-11-5-6-12-9(2)10-4-7-13-8-10/h9-12H,3-8H2,1-2H3. The maximum absolute atomic E-state index is 5.35. The Morgan fingerprint density at radius 2 is 2.31 bits per heavy atom. The van der Waals surface area contributed by atoms with E-state index in [0.29, 0.717) is 6.04 Å². The maximum Gasteiger partial charge on any atom is 0.0509 e. The summed E-state index contributed by atoms with van der Waals surface area (Å²) in [6.07, 6.45) is 1.22. The molecule has 2 N–H and O–H groups in total. The minimum Gasteiger partial charge on any atom is -0.381 e. The van der Waals surface area contributed by atoms with Crippen LogP contribution in [0.4, 0.5) is 0 Å². The zero-order chi connectivity index (χ0) is 9.52. The molecular weight excluding hydrogens is 164 g/mol. The summed E-state index contributed by atoms with van der Waals surface area (Å²) in [7, 11) is 0. The average Bonchev–Trinajstić information content (AvgIpc) is 2.65. The van der Waals surface area contributed by atoms with Gasteiger partial charge in [0.05, 0.1) is 6.61 Å². The zero-order valence-corrected chi connectivity index (χ0v) is 8.81. The maximum atomic E-state index is 5.35. The Morgan fingerprint density at radius 3 is 2.92 bits per heavy atom. The summed E-state index contributed by atoms with van der Waals surface area (Å²) >= 11 is 0. The zero-order valence-electron chi connectivity index (χ0n) is 8.81. The Morgan fingerprint density at radius 1 is 1.46 bits per heavy atom. The van der Waals surface area contributed by atoms with Crippen LogP contribution in [-0.2, 0) is 4.74 Å². The Balaban J connectivity index is 1.99. The highest BCUT2D eigenvalue weighted by Gasteiger charge is 2.21. The monoisotopic (exact) mass is 186 g/mol. The van der Waals surface area contributed by atoms with Gasteiger partial charge in [-0.1, -0.05) is 6.92 Å². The van der Waals surface area contributed by atoms with Gasteiger partial charge in [-0.25, -0.2) is 0 Å². The molecule has 2 unspecified atom stereocenters. The van der Waals surface area contributed by atoms with Gasteiger partial charge in [0.25, 0.3) is 0 Å². The molecule has 13 heavy (non-hydrogen) atoms. The lowest BCUT2D eigenvalue weighted by Gasteiger charge is -2.19. The molecule has 0 amide bonds. The molecule has 2 atom stereocenters. The summed E-state index contributed by atoms with van der Waals surface area (Å²) in [6, 6.07) is 0.598. The summed E-state index contributed by atoms with van der Waals surface area (Å²) in [5, 5.41) is 6.82. The lowest BCUT2D eigenvalue weighted by molar-refractivity contribution is 0.178. The second-order valence-corrected chi connectivity index (χ2v) is 3.72. The molecule has 3 nitrogen and oxygen atoms in total. The SMILES string of the molecule is CCNCCNC(C)C1CCOC1. The molecule has 0 aromatic carbocycles. The van der Waals surface area contributed by atoms with Crippen molar-refractivity contribution in [1.29, 1.82) is 0 Å². The topological polar surface area (TPSA) is 33.3 Å². The van der Waals surface area contributed by atoms with E-state index < -0.39 is 0 Å². The molecule has 0 aromatic heterocycles. The smallest absolute Gasteiger partial charge is 0.0509 e. The van der Waals surface area contributed by atoms with Crippen molar-refractivity contribution in [2.75, 3.05) is 32.8 Å². The molecule has 0 spiro atoms. The lowest BCUT2D eigenvalue weighted by atomic mass is 10.0. The largest absolute Gasteiger partial charge is 0.381 e. The average molecular weight is 186 g/mol. The number of ether oxygens (including phenoxy) is 1. The van der Waals surface area contributed by atoms with E-state index in [2.05, 4.69) is 24.5 Å². The van der Waals surface area contributed by atoms with E-state index in [1.54, 1.807) is 0 Å². The highest BCUT2D eigenvalue weighted by molar-refractivity contribution is 4.75. The van der Waals surface area contributed by atoms with Crippen LogP contribution in [0.5, 0.6) is 0 Å². The van der Waals surface area contributed by atoms with E-state index in [4.69, 9.17) is 4.74 Å². The first-order valence-corrected chi connectivity index (χ1v) is 5.36. The molecule has 1 heterocycles. The van der Waals surface area contributed by atoms with Gasteiger partial charge in [0.15, 0.2) is 0 Å². The van der Waals surface area contributed by atoms with E-state index in [1.807, 2.05) is 0 Å². The Labute approximate surface area is 81.2 Å². The predicted octanol–water partition coefficient (Wildman–Crippen LogP) is 0.610. The summed E-state index contributed by atoms with van der Waals surface area (Å²) in [5.41, 5.74) is 0. The highest BCUT2D eigenvalue weighted by Crippen LogP contribution is 2.15. The summed E-state index contributed by atoms with van der Waals surface area (Å²) in [5.74, 6) is 0.724. The van der Waals surface area contributed by atoms with Crippen LogP contribution < -0.4 is 10.6 Å². The van der Waals surface area contributed by atoms with Crippen LogP contribution in [0.25, 0.3) is 0 Å². The molecule has 3 heteroatoms. The van der Waals surface area contributed by atoms with Gasteiger partial charge < -0.3 is 15.4 Å². The fourth-order valence-electron chi connectivity index (χ4n) is 1.68. The summed E-state index contributed by atoms with van der Waals surface area (Å²) in [4.78, 5) is 0. The molecule has 1 aliphatic heterocycles. The summed E-state index contributed by atoms with van der Waals surface area (Å²) < 4.78 is 5.35. The van der Waals surface area contributed by atoms with E-state index >= 15 is 0 Å². The van der Waals surface area contributed by atoms with Crippen molar-refractivity contribution in [3.05, 3.63) is 0 Å². The molecule has 0 radical (unpaired) electrons. The Bertz CT molecular complexity index is 124. The predicted molar refractivity (Wildman–Crippen MR) is 54.9 cm³/mol. The van der Waals surface area contributed by atoms with Crippen molar-refractivity contribution < 1.29 is 4.74 Å². The number of nitrogens with one attached hydrogen (secondary N) is 2. The highest BCUT2D eigenvalue weighted by atomic mass is 16.5. The van der Waals surface area contributed by atoms with Crippen LogP contribution in [0.1, 0.15) is 20.3 Å². The van der Waals surface area contributed by atoms with Gasteiger partial charge in [-0.3, -0.25) is 0 Å². The second kappa shape index (κ2) is 6.35. The first-order valence-electron chi connectivity index (χ1n) is 5.36. The molecule has 0 saturated carbocycles. The molecule has 1 rings (SSSR count). The van der Waals surface area contributed by atoms with Gasteiger partial charge in [-0.05, 0) is 25.8 Å². The van der Waals surface area contributed by atoms with E-state index in [1.165, 1.54) is 6.42 Å². The normalized spacial score (nSPS) is 24.9. The van der Waals surface area contributed by atoms with Gasteiger partial charge >= 0.3 is 0 Å². The van der Waals surface area contributed by atoms with Gasteiger partial charge in [0, 0.05) is 25.7 Å². The van der Waals surface area contributed by atoms with Crippen LogP contribution >= 0.6 is 0 Å². The van der Waals surface area contributed by atoms with Gasteiger partial charge in [0.1, 0.15) is 0 Å². The van der Waals surface area contributed by atoms with Crippen molar-refractivity contribution in [2.24, 2.45) is 5.92 Å². The molecule has 0 bridgehead atoms. The van der Waals surface area contributed by atoms with Crippen LogP contribution in [0, 0.1) is 5.92 Å². The van der Waals surface area contributed by atoms with E-state index in [9.17, 15) is 0 Å². The lowest BCUT2D eigenvalue weighted by Crippen LogP contribution is -2.38. The molecule has 1 saturated heterocycles. The number of hydrogen-bond acceptors (Lipinski definition) is 3. The Kier molecular flexibility index (Phi) is 5.35. The minimum atomic E-state index is 0.598. The Hall–Kier alpha value is -0.120. The summed E-state index contributed by atoms with van der Waals surface area (Å²) in [6.45, 7) is 9.46.